The molecule has 0 saturated heterocycles. The van der Waals surface area contributed by atoms with Gasteiger partial charge in [0.2, 0.25) is 0 Å². The lowest BCUT2D eigenvalue weighted by molar-refractivity contribution is -0.384. The van der Waals surface area contributed by atoms with Crippen molar-refractivity contribution in [1.29, 1.82) is 0 Å². The Morgan fingerprint density at radius 1 is 1.41 bits per heavy atom. The van der Waals surface area contributed by atoms with Gasteiger partial charge in [-0.15, -0.1) is 0 Å². The van der Waals surface area contributed by atoms with Crippen LogP contribution in [0.2, 0.25) is 0 Å². The average Bonchev–Trinajstić information content (AvgIpc) is 2.34. The second kappa shape index (κ2) is 7.62. The molecule has 1 aromatic rings. The van der Waals surface area contributed by atoms with Crippen LogP contribution in [0, 0.1) is 10.1 Å². The maximum atomic E-state index is 10.5. The van der Waals surface area contributed by atoms with Crippen molar-refractivity contribution >= 4 is 5.69 Å². The van der Waals surface area contributed by atoms with Crippen LogP contribution in [0.5, 0.6) is 5.75 Å². The van der Waals surface area contributed by atoms with Gasteiger partial charge in [-0.1, -0.05) is 13.0 Å². The molecule has 5 heteroatoms. The van der Waals surface area contributed by atoms with Gasteiger partial charge in [0.25, 0.3) is 5.69 Å². The third-order valence-electron chi connectivity index (χ3n) is 2.22. The Balaban J connectivity index is 2.27. The SMILES string of the molecule is CCCNCCCOc1cccc([N+](=O)[O-])c1. The summed E-state index contributed by atoms with van der Waals surface area (Å²) in [7, 11) is 0. The number of non-ortho nitro benzene ring substituents is 1. The Labute approximate surface area is 101 Å². The molecule has 0 fully saturated rings. The fourth-order valence-electron chi connectivity index (χ4n) is 1.38. The number of hydrogen-bond acceptors (Lipinski definition) is 4. The van der Waals surface area contributed by atoms with Gasteiger partial charge in [-0.3, -0.25) is 10.1 Å². The maximum Gasteiger partial charge on any atom is 0.273 e. The molecule has 0 aliphatic rings. The normalized spacial score (nSPS) is 10.2. The number of nitro groups is 1. The number of rotatable bonds is 8. The average molecular weight is 238 g/mol. The Bertz CT molecular complexity index is 355. The first-order valence-corrected chi connectivity index (χ1v) is 5.82. The lowest BCUT2D eigenvalue weighted by atomic mass is 10.3. The maximum absolute atomic E-state index is 10.5. The zero-order chi connectivity index (χ0) is 12.5. The van der Waals surface area contributed by atoms with Gasteiger partial charge in [0.1, 0.15) is 5.75 Å². The van der Waals surface area contributed by atoms with Crippen molar-refractivity contribution in [3.63, 3.8) is 0 Å². The van der Waals surface area contributed by atoms with E-state index in [1.807, 2.05) is 0 Å². The summed E-state index contributed by atoms with van der Waals surface area (Å²) in [6.45, 7) is 4.60. The van der Waals surface area contributed by atoms with Gasteiger partial charge >= 0.3 is 0 Å². The van der Waals surface area contributed by atoms with E-state index in [1.54, 1.807) is 12.1 Å². The second-order valence-corrected chi connectivity index (χ2v) is 3.71. The molecule has 0 unspecified atom stereocenters. The molecule has 0 spiro atoms. The Morgan fingerprint density at radius 2 is 2.24 bits per heavy atom. The van der Waals surface area contributed by atoms with Gasteiger partial charge in [-0.05, 0) is 32.0 Å². The molecule has 0 heterocycles. The highest BCUT2D eigenvalue weighted by molar-refractivity contribution is 5.37. The summed E-state index contributed by atoms with van der Waals surface area (Å²) in [4.78, 5) is 10.1. The topological polar surface area (TPSA) is 64.4 Å². The number of ether oxygens (including phenoxy) is 1. The van der Waals surface area contributed by atoms with E-state index in [9.17, 15) is 10.1 Å². The summed E-state index contributed by atoms with van der Waals surface area (Å²) >= 11 is 0. The molecule has 17 heavy (non-hydrogen) atoms. The summed E-state index contributed by atoms with van der Waals surface area (Å²) in [6.07, 6.45) is 2.01. The standard InChI is InChI=1S/C12H18N2O3/c1-2-7-13-8-4-9-17-12-6-3-5-11(10-12)14(15)16/h3,5-6,10,13H,2,4,7-9H2,1H3. The van der Waals surface area contributed by atoms with Crippen LogP contribution < -0.4 is 10.1 Å². The molecule has 1 N–H and O–H groups in total. The van der Waals surface area contributed by atoms with Crippen molar-refractivity contribution in [3.05, 3.63) is 34.4 Å². The summed E-state index contributed by atoms with van der Waals surface area (Å²) in [5.41, 5.74) is 0.0617. The van der Waals surface area contributed by atoms with E-state index in [-0.39, 0.29) is 5.69 Å². The third kappa shape index (κ3) is 5.31. The number of nitrogens with zero attached hydrogens (tertiary/aromatic N) is 1. The number of nitrogens with one attached hydrogen (secondary N) is 1. The molecule has 1 aromatic carbocycles. The Hall–Kier alpha value is -1.62. The van der Waals surface area contributed by atoms with Crippen LogP contribution in [0.15, 0.2) is 24.3 Å². The van der Waals surface area contributed by atoms with E-state index in [0.717, 1.165) is 25.9 Å². The minimum atomic E-state index is -0.421. The first kappa shape index (κ1) is 13.4. The van der Waals surface area contributed by atoms with Gasteiger partial charge in [-0.2, -0.15) is 0 Å². The molecular formula is C12H18N2O3. The zero-order valence-corrected chi connectivity index (χ0v) is 10.0. The Morgan fingerprint density at radius 3 is 2.94 bits per heavy atom. The third-order valence-corrected chi connectivity index (χ3v) is 2.22. The van der Waals surface area contributed by atoms with Crippen molar-refractivity contribution in [2.75, 3.05) is 19.7 Å². The highest BCUT2D eigenvalue weighted by Crippen LogP contribution is 2.18. The van der Waals surface area contributed by atoms with E-state index >= 15 is 0 Å². The van der Waals surface area contributed by atoms with Crippen LogP contribution in [0.3, 0.4) is 0 Å². The zero-order valence-electron chi connectivity index (χ0n) is 10.0. The number of benzene rings is 1. The molecule has 5 nitrogen and oxygen atoms in total. The van der Waals surface area contributed by atoms with Crippen molar-refractivity contribution in [3.8, 4) is 5.75 Å². The highest BCUT2D eigenvalue weighted by atomic mass is 16.6. The van der Waals surface area contributed by atoms with Gasteiger partial charge in [0.05, 0.1) is 17.6 Å². The largest absolute Gasteiger partial charge is 0.493 e. The molecule has 0 atom stereocenters. The molecule has 94 valence electrons. The summed E-state index contributed by atoms with van der Waals surface area (Å²) in [5.74, 6) is 0.551. The van der Waals surface area contributed by atoms with E-state index in [1.165, 1.54) is 12.1 Å². The van der Waals surface area contributed by atoms with Gasteiger partial charge < -0.3 is 10.1 Å². The first-order chi connectivity index (χ1) is 8.24. The van der Waals surface area contributed by atoms with E-state index in [2.05, 4.69) is 12.2 Å². The molecule has 0 amide bonds. The van der Waals surface area contributed by atoms with Crippen LogP contribution in [-0.2, 0) is 0 Å². The molecule has 0 aromatic heterocycles. The van der Waals surface area contributed by atoms with Gasteiger partial charge in [0.15, 0.2) is 0 Å². The Kier molecular flexibility index (Phi) is 6.03. The van der Waals surface area contributed by atoms with E-state index in [4.69, 9.17) is 4.74 Å². The van der Waals surface area contributed by atoms with Crippen LogP contribution in [0.1, 0.15) is 19.8 Å². The second-order valence-electron chi connectivity index (χ2n) is 3.71. The lowest BCUT2D eigenvalue weighted by Crippen LogP contribution is -2.18. The molecule has 0 saturated carbocycles. The quantitative estimate of drug-likeness (QED) is 0.429. The lowest BCUT2D eigenvalue weighted by Gasteiger charge is -2.06. The molecule has 0 bridgehead atoms. The highest BCUT2D eigenvalue weighted by Gasteiger charge is 2.05. The predicted molar refractivity (Wildman–Crippen MR) is 66.4 cm³/mol. The minimum Gasteiger partial charge on any atom is -0.493 e. The van der Waals surface area contributed by atoms with Crippen LogP contribution in [-0.4, -0.2) is 24.6 Å². The van der Waals surface area contributed by atoms with Crippen LogP contribution in [0.25, 0.3) is 0 Å². The van der Waals surface area contributed by atoms with Gasteiger partial charge in [0, 0.05) is 6.07 Å². The van der Waals surface area contributed by atoms with Crippen molar-refractivity contribution in [2.45, 2.75) is 19.8 Å². The fourth-order valence-corrected chi connectivity index (χ4v) is 1.38. The predicted octanol–water partition coefficient (Wildman–Crippen LogP) is 2.36. The number of nitro benzene ring substituents is 1. The minimum absolute atomic E-state index is 0.0617. The summed E-state index contributed by atoms with van der Waals surface area (Å²) in [5, 5.41) is 13.8. The van der Waals surface area contributed by atoms with Crippen LogP contribution in [0.4, 0.5) is 5.69 Å². The first-order valence-electron chi connectivity index (χ1n) is 5.82. The molecule has 0 aliphatic carbocycles. The van der Waals surface area contributed by atoms with Gasteiger partial charge in [-0.25, -0.2) is 0 Å². The van der Waals surface area contributed by atoms with Crippen LogP contribution >= 0.6 is 0 Å². The van der Waals surface area contributed by atoms with E-state index in [0.29, 0.717) is 12.4 Å². The molecule has 1 rings (SSSR count). The molecular weight excluding hydrogens is 220 g/mol. The van der Waals surface area contributed by atoms with Crippen molar-refractivity contribution in [2.24, 2.45) is 0 Å². The molecule has 0 radical (unpaired) electrons. The van der Waals surface area contributed by atoms with Crippen molar-refractivity contribution < 1.29 is 9.66 Å². The summed E-state index contributed by atoms with van der Waals surface area (Å²) in [6, 6.07) is 6.25. The van der Waals surface area contributed by atoms with Crippen molar-refractivity contribution in [1.82, 2.24) is 5.32 Å². The monoisotopic (exact) mass is 238 g/mol. The number of hydrogen-bond donors (Lipinski definition) is 1. The van der Waals surface area contributed by atoms with E-state index < -0.39 is 4.92 Å². The molecule has 0 aliphatic heterocycles. The smallest absolute Gasteiger partial charge is 0.273 e. The fraction of sp³-hybridized carbons (Fsp3) is 0.500. The summed E-state index contributed by atoms with van der Waals surface area (Å²) < 4.78 is 5.43.